The number of rotatable bonds is 8. The molecule has 0 aliphatic carbocycles. The molecule has 0 unspecified atom stereocenters. The molecule has 0 aromatic heterocycles. The summed E-state index contributed by atoms with van der Waals surface area (Å²) in [6.45, 7) is 18.8. The van der Waals surface area contributed by atoms with E-state index in [2.05, 4.69) is 60.6 Å². The summed E-state index contributed by atoms with van der Waals surface area (Å²) in [5.41, 5.74) is 6.13. The van der Waals surface area contributed by atoms with Gasteiger partial charge in [0, 0.05) is 43.6 Å². The van der Waals surface area contributed by atoms with Crippen LogP contribution in [0.1, 0.15) is 118 Å². The van der Waals surface area contributed by atoms with Crippen molar-refractivity contribution in [2.75, 3.05) is 19.6 Å². The zero-order chi connectivity index (χ0) is 33.1. The second-order valence-electron chi connectivity index (χ2n) is 14.8. The van der Waals surface area contributed by atoms with Gasteiger partial charge < -0.3 is 9.80 Å². The minimum atomic E-state index is -0.290. The van der Waals surface area contributed by atoms with Crippen LogP contribution in [0.2, 0.25) is 0 Å². The fourth-order valence-corrected chi connectivity index (χ4v) is 6.78. The SMILES string of the molecule is Cc1c(C(C)(C)C)cc(C(=O)N2CCN(C(=O)CCCCC(c3ccc(F)cc3)c3ccc(F)cc3)[C@@H](C)C2)cc1C(C)(C)C. The Kier molecular flexibility index (Phi) is 10.6. The molecule has 0 saturated carbocycles. The summed E-state index contributed by atoms with van der Waals surface area (Å²) in [7, 11) is 0. The molecule has 1 atom stereocenters. The predicted octanol–water partition coefficient (Wildman–Crippen LogP) is 8.93. The van der Waals surface area contributed by atoms with Crippen molar-refractivity contribution in [2.24, 2.45) is 0 Å². The Hall–Kier alpha value is -3.54. The first-order valence-electron chi connectivity index (χ1n) is 16.3. The van der Waals surface area contributed by atoms with Gasteiger partial charge in [-0.15, -0.1) is 0 Å². The maximum Gasteiger partial charge on any atom is 0.254 e. The van der Waals surface area contributed by atoms with E-state index in [1.54, 1.807) is 24.3 Å². The van der Waals surface area contributed by atoms with E-state index in [1.807, 2.05) is 16.7 Å². The third-order valence-electron chi connectivity index (χ3n) is 9.18. The highest BCUT2D eigenvalue weighted by Crippen LogP contribution is 2.35. The molecule has 4 rings (SSSR count). The zero-order valence-corrected chi connectivity index (χ0v) is 28.3. The van der Waals surface area contributed by atoms with E-state index in [0.717, 1.165) is 36.0 Å². The molecule has 6 heteroatoms. The molecule has 4 nitrogen and oxygen atoms in total. The van der Waals surface area contributed by atoms with Gasteiger partial charge in [0.05, 0.1) is 0 Å². The van der Waals surface area contributed by atoms with E-state index in [4.69, 9.17) is 0 Å². The van der Waals surface area contributed by atoms with Gasteiger partial charge in [0.1, 0.15) is 11.6 Å². The highest BCUT2D eigenvalue weighted by Gasteiger charge is 2.32. The maximum atomic E-state index is 13.8. The number of amides is 2. The van der Waals surface area contributed by atoms with E-state index in [0.29, 0.717) is 26.1 Å². The first kappa shape index (κ1) is 34.3. The third kappa shape index (κ3) is 8.39. The fraction of sp³-hybridized carbons (Fsp3) is 0.487. The number of benzene rings is 3. The Morgan fingerprint density at radius 2 is 1.29 bits per heavy atom. The van der Waals surface area contributed by atoms with Crippen molar-refractivity contribution in [3.63, 3.8) is 0 Å². The number of hydrogen-bond donors (Lipinski definition) is 0. The van der Waals surface area contributed by atoms with E-state index in [9.17, 15) is 18.4 Å². The van der Waals surface area contributed by atoms with Crippen LogP contribution in [-0.2, 0) is 15.6 Å². The van der Waals surface area contributed by atoms with Gasteiger partial charge in [-0.25, -0.2) is 8.78 Å². The summed E-state index contributed by atoms with van der Waals surface area (Å²) < 4.78 is 27.2. The maximum absolute atomic E-state index is 13.8. The smallest absolute Gasteiger partial charge is 0.254 e. The number of carbonyl (C=O) groups is 2. The molecule has 1 aliphatic rings. The molecule has 3 aromatic rings. The molecule has 0 bridgehead atoms. The Balaban J connectivity index is 1.37. The Morgan fingerprint density at radius 1 is 0.800 bits per heavy atom. The molecule has 1 heterocycles. The van der Waals surface area contributed by atoms with Crippen molar-refractivity contribution in [1.29, 1.82) is 0 Å². The molecule has 2 amide bonds. The van der Waals surface area contributed by atoms with Crippen molar-refractivity contribution >= 4 is 11.8 Å². The average molecular weight is 617 g/mol. The number of halogens is 2. The lowest BCUT2D eigenvalue weighted by Crippen LogP contribution is -2.55. The molecule has 0 radical (unpaired) electrons. The largest absolute Gasteiger partial charge is 0.336 e. The van der Waals surface area contributed by atoms with Crippen LogP contribution in [0.5, 0.6) is 0 Å². The van der Waals surface area contributed by atoms with Crippen molar-refractivity contribution < 1.29 is 18.4 Å². The fourth-order valence-electron chi connectivity index (χ4n) is 6.78. The second kappa shape index (κ2) is 13.8. The third-order valence-corrected chi connectivity index (χ3v) is 9.18. The average Bonchev–Trinajstić information content (AvgIpc) is 2.97. The van der Waals surface area contributed by atoms with Gasteiger partial charge in [-0.1, -0.05) is 72.2 Å². The first-order valence-corrected chi connectivity index (χ1v) is 16.3. The molecule has 0 spiro atoms. The molecule has 45 heavy (non-hydrogen) atoms. The van der Waals surface area contributed by atoms with Crippen LogP contribution in [0.3, 0.4) is 0 Å². The Morgan fingerprint density at radius 3 is 1.73 bits per heavy atom. The topological polar surface area (TPSA) is 40.6 Å². The van der Waals surface area contributed by atoms with E-state index in [-0.39, 0.29) is 46.2 Å². The highest BCUT2D eigenvalue weighted by atomic mass is 19.1. The van der Waals surface area contributed by atoms with Crippen LogP contribution in [0.15, 0.2) is 60.7 Å². The lowest BCUT2D eigenvalue weighted by atomic mass is 9.75. The summed E-state index contributed by atoms with van der Waals surface area (Å²) in [4.78, 5) is 30.9. The summed E-state index contributed by atoms with van der Waals surface area (Å²) in [5.74, 6) is -0.454. The molecule has 1 aliphatic heterocycles. The number of hydrogen-bond acceptors (Lipinski definition) is 2. The quantitative estimate of drug-likeness (QED) is 0.237. The van der Waals surface area contributed by atoms with E-state index < -0.39 is 0 Å². The van der Waals surface area contributed by atoms with Crippen LogP contribution >= 0.6 is 0 Å². The number of piperazine rings is 1. The molecular formula is C39H50F2N2O2. The standard InChI is InChI=1S/C39H50F2N2O2/c1-26-25-42(37(45)30-23-34(38(3,4)5)27(2)35(24-30)39(6,7)8)21-22-43(26)36(44)12-10-9-11-33(28-13-17-31(40)18-14-28)29-15-19-32(41)20-16-29/h13-20,23-24,26,33H,9-12,21-22,25H2,1-8H3/t26-/m0/s1. The van der Waals surface area contributed by atoms with Crippen molar-refractivity contribution in [2.45, 2.75) is 104 Å². The van der Waals surface area contributed by atoms with Gasteiger partial charge in [-0.2, -0.15) is 0 Å². The molecule has 0 N–H and O–H groups in total. The molecule has 242 valence electrons. The molecule has 1 saturated heterocycles. The van der Waals surface area contributed by atoms with Gasteiger partial charge >= 0.3 is 0 Å². The Bertz CT molecular complexity index is 1400. The lowest BCUT2D eigenvalue weighted by molar-refractivity contribution is -0.135. The minimum Gasteiger partial charge on any atom is -0.336 e. The summed E-state index contributed by atoms with van der Waals surface area (Å²) in [6, 6.07) is 17.0. The Labute approximate surface area is 268 Å². The summed E-state index contributed by atoms with van der Waals surface area (Å²) in [5, 5.41) is 0. The van der Waals surface area contributed by atoms with Crippen molar-refractivity contribution in [1.82, 2.24) is 9.80 Å². The number of carbonyl (C=O) groups excluding carboxylic acids is 2. The molecule has 3 aromatic carbocycles. The summed E-state index contributed by atoms with van der Waals surface area (Å²) in [6.07, 6.45) is 2.72. The van der Waals surface area contributed by atoms with Crippen LogP contribution in [-0.4, -0.2) is 47.3 Å². The molecule has 1 fully saturated rings. The van der Waals surface area contributed by atoms with Gasteiger partial charge in [0.2, 0.25) is 5.91 Å². The van der Waals surface area contributed by atoms with Gasteiger partial charge in [0.15, 0.2) is 0 Å². The van der Waals surface area contributed by atoms with Gasteiger partial charge in [-0.3, -0.25) is 9.59 Å². The highest BCUT2D eigenvalue weighted by molar-refractivity contribution is 5.95. The normalized spacial score (nSPS) is 15.9. The van der Waals surface area contributed by atoms with Crippen molar-refractivity contribution in [3.05, 3.63) is 106 Å². The van der Waals surface area contributed by atoms with Crippen LogP contribution in [0.4, 0.5) is 8.78 Å². The van der Waals surface area contributed by atoms with Crippen LogP contribution in [0, 0.1) is 18.6 Å². The monoisotopic (exact) mass is 616 g/mol. The summed E-state index contributed by atoms with van der Waals surface area (Å²) >= 11 is 0. The van der Waals surface area contributed by atoms with Crippen LogP contribution < -0.4 is 0 Å². The second-order valence-corrected chi connectivity index (χ2v) is 14.8. The van der Waals surface area contributed by atoms with Crippen LogP contribution in [0.25, 0.3) is 0 Å². The van der Waals surface area contributed by atoms with Gasteiger partial charge in [0.25, 0.3) is 5.91 Å². The minimum absolute atomic E-state index is 0.00541. The zero-order valence-electron chi connectivity index (χ0n) is 28.3. The predicted molar refractivity (Wildman–Crippen MR) is 179 cm³/mol. The number of nitrogens with zero attached hydrogens (tertiary/aromatic N) is 2. The first-order chi connectivity index (χ1) is 21.1. The van der Waals surface area contributed by atoms with E-state index >= 15 is 0 Å². The van der Waals surface area contributed by atoms with Gasteiger partial charge in [-0.05, 0) is 102 Å². The lowest BCUT2D eigenvalue weighted by Gasteiger charge is -2.40. The van der Waals surface area contributed by atoms with E-state index in [1.165, 1.54) is 41.0 Å². The number of unbranched alkanes of at least 4 members (excludes halogenated alkanes) is 1. The van der Waals surface area contributed by atoms with Crippen molar-refractivity contribution in [3.8, 4) is 0 Å². The molecular weight excluding hydrogens is 566 g/mol.